The van der Waals surface area contributed by atoms with Crippen molar-refractivity contribution in [3.05, 3.63) is 237 Å². The van der Waals surface area contributed by atoms with E-state index in [0.717, 1.165) is 50.1 Å². The van der Waals surface area contributed by atoms with E-state index in [1.54, 1.807) is 0 Å². The highest BCUT2D eigenvalue weighted by molar-refractivity contribution is 7.19. The molecular weight excluding hydrogens is 707 g/mol. The minimum atomic E-state index is -2.79. The average Bonchev–Trinajstić information content (AvgIpc) is 3.66. The fraction of sp³-hybridized carbons (Fsp3) is 0. The molecule has 1 heterocycles. The zero-order valence-corrected chi connectivity index (χ0v) is 32.4. The molecule has 0 amide bonds. The lowest BCUT2D eigenvalue weighted by molar-refractivity contribution is 0.669. The van der Waals surface area contributed by atoms with Crippen molar-refractivity contribution < 1.29 is 4.42 Å². The molecule has 270 valence electrons. The van der Waals surface area contributed by atoms with Crippen LogP contribution in [0.25, 0.3) is 44.2 Å². The van der Waals surface area contributed by atoms with Crippen molar-refractivity contribution in [1.82, 2.24) is 0 Å². The number of rotatable bonds is 9. The zero-order chi connectivity index (χ0) is 38.0. The van der Waals surface area contributed by atoms with Crippen molar-refractivity contribution in [2.75, 3.05) is 4.90 Å². The fourth-order valence-corrected chi connectivity index (χ4v) is 13.3. The summed E-state index contributed by atoms with van der Waals surface area (Å²) in [7, 11) is -2.79. The maximum Gasteiger partial charge on any atom is 0.179 e. The van der Waals surface area contributed by atoms with Crippen LogP contribution in [0.1, 0.15) is 0 Å². The molecular formula is C54H39NOSi. The van der Waals surface area contributed by atoms with Gasteiger partial charge in [-0.05, 0) is 91.5 Å². The largest absolute Gasteiger partial charge is 0.456 e. The molecule has 0 fully saturated rings. The van der Waals surface area contributed by atoms with Crippen LogP contribution in [0.2, 0.25) is 0 Å². The third kappa shape index (κ3) is 6.25. The molecule has 1 aromatic heterocycles. The Morgan fingerprint density at radius 2 is 0.684 bits per heavy atom. The summed E-state index contributed by atoms with van der Waals surface area (Å²) in [6.07, 6.45) is 0. The lowest BCUT2D eigenvalue weighted by Gasteiger charge is -2.35. The molecule has 0 N–H and O–H groups in total. The fourth-order valence-electron chi connectivity index (χ4n) is 8.56. The van der Waals surface area contributed by atoms with Gasteiger partial charge in [-0.15, -0.1) is 0 Å². The highest BCUT2D eigenvalue weighted by Crippen LogP contribution is 2.40. The van der Waals surface area contributed by atoms with Crippen LogP contribution in [0.5, 0.6) is 0 Å². The summed E-state index contributed by atoms with van der Waals surface area (Å²) in [6.45, 7) is 0. The van der Waals surface area contributed by atoms with Gasteiger partial charge in [0.1, 0.15) is 11.2 Å². The van der Waals surface area contributed by atoms with E-state index in [0.29, 0.717) is 0 Å². The monoisotopic (exact) mass is 745 g/mol. The Labute approximate surface area is 334 Å². The minimum absolute atomic E-state index is 0.856. The first-order valence-electron chi connectivity index (χ1n) is 19.5. The van der Waals surface area contributed by atoms with E-state index in [-0.39, 0.29) is 0 Å². The van der Waals surface area contributed by atoms with E-state index < -0.39 is 8.07 Å². The molecule has 10 aromatic rings. The van der Waals surface area contributed by atoms with Gasteiger partial charge in [0, 0.05) is 33.9 Å². The molecule has 0 aliphatic rings. The van der Waals surface area contributed by atoms with E-state index in [2.05, 4.69) is 241 Å². The first kappa shape index (κ1) is 34.3. The van der Waals surface area contributed by atoms with Crippen LogP contribution in [-0.2, 0) is 0 Å². The molecule has 0 radical (unpaired) electrons. The van der Waals surface area contributed by atoms with Gasteiger partial charge in [-0.1, -0.05) is 182 Å². The molecule has 0 atom stereocenters. The Balaban J connectivity index is 1.19. The molecule has 0 unspecified atom stereocenters. The number of furan rings is 1. The number of hydrogen-bond acceptors (Lipinski definition) is 2. The number of nitrogens with zero attached hydrogens (tertiary/aromatic N) is 1. The topological polar surface area (TPSA) is 16.4 Å². The minimum Gasteiger partial charge on any atom is -0.456 e. The van der Waals surface area contributed by atoms with Crippen molar-refractivity contribution in [1.29, 1.82) is 0 Å². The maximum atomic E-state index is 6.70. The van der Waals surface area contributed by atoms with Gasteiger partial charge in [0.05, 0.1) is 0 Å². The van der Waals surface area contributed by atoms with Gasteiger partial charge in [0.2, 0.25) is 0 Å². The van der Waals surface area contributed by atoms with E-state index in [9.17, 15) is 0 Å². The normalized spacial score (nSPS) is 11.5. The van der Waals surface area contributed by atoms with Crippen LogP contribution in [-0.4, -0.2) is 8.07 Å². The molecule has 57 heavy (non-hydrogen) atoms. The van der Waals surface area contributed by atoms with Crippen molar-refractivity contribution in [2.24, 2.45) is 0 Å². The Morgan fingerprint density at radius 1 is 0.281 bits per heavy atom. The summed E-state index contributed by atoms with van der Waals surface area (Å²) in [5.74, 6) is 0. The third-order valence-electron chi connectivity index (χ3n) is 11.2. The van der Waals surface area contributed by atoms with Gasteiger partial charge in [0.25, 0.3) is 0 Å². The number of benzene rings is 9. The SMILES string of the molecule is c1ccc(-c2cccc(N(c3cccc([Si](c4ccccc4)(c4ccccc4)c4ccccc4)c3)c3ccc4c(c3)oc3cc(-c5ccccc5)ccc34)c2)cc1. The van der Waals surface area contributed by atoms with E-state index >= 15 is 0 Å². The first-order chi connectivity index (χ1) is 28.3. The molecule has 10 rings (SSSR count). The van der Waals surface area contributed by atoms with Crippen LogP contribution in [0.3, 0.4) is 0 Å². The van der Waals surface area contributed by atoms with Gasteiger partial charge >= 0.3 is 0 Å². The highest BCUT2D eigenvalue weighted by Gasteiger charge is 2.41. The zero-order valence-electron chi connectivity index (χ0n) is 31.4. The second-order valence-corrected chi connectivity index (χ2v) is 18.3. The van der Waals surface area contributed by atoms with Crippen LogP contribution < -0.4 is 25.6 Å². The van der Waals surface area contributed by atoms with Crippen LogP contribution in [0.4, 0.5) is 17.1 Å². The Kier molecular flexibility index (Phi) is 8.90. The van der Waals surface area contributed by atoms with E-state index in [4.69, 9.17) is 4.42 Å². The lowest BCUT2D eigenvalue weighted by Crippen LogP contribution is -2.74. The summed E-state index contributed by atoms with van der Waals surface area (Å²) in [6, 6.07) is 85.8. The van der Waals surface area contributed by atoms with Gasteiger partial charge in [0.15, 0.2) is 8.07 Å². The lowest BCUT2D eigenvalue weighted by atomic mass is 10.0. The first-order valence-corrected chi connectivity index (χ1v) is 21.5. The van der Waals surface area contributed by atoms with Crippen LogP contribution >= 0.6 is 0 Å². The van der Waals surface area contributed by atoms with Gasteiger partial charge < -0.3 is 9.32 Å². The summed E-state index contributed by atoms with van der Waals surface area (Å²) in [4.78, 5) is 2.39. The van der Waals surface area contributed by atoms with Crippen molar-refractivity contribution >= 4 is 67.8 Å². The van der Waals surface area contributed by atoms with E-state index in [1.807, 2.05) is 0 Å². The maximum absolute atomic E-state index is 6.70. The Morgan fingerprint density at radius 3 is 1.25 bits per heavy atom. The summed E-state index contributed by atoms with van der Waals surface area (Å²) in [5, 5.41) is 7.55. The second kappa shape index (κ2) is 14.8. The summed E-state index contributed by atoms with van der Waals surface area (Å²) < 4.78 is 6.70. The van der Waals surface area contributed by atoms with Gasteiger partial charge in [-0.25, -0.2) is 0 Å². The smallest absolute Gasteiger partial charge is 0.179 e. The Hall–Kier alpha value is -7.20. The summed E-state index contributed by atoms with van der Waals surface area (Å²) >= 11 is 0. The molecule has 0 bridgehead atoms. The predicted octanol–water partition coefficient (Wildman–Crippen LogP) is 11.8. The predicted molar refractivity (Wildman–Crippen MR) is 243 cm³/mol. The number of anilines is 3. The second-order valence-electron chi connectivity index (χ2n) is 14.5. The molecule has 3 heteroatoms. The average molecular weight is 746 g/mol. The molecule has 0 spiro atoms. The molecule has 0 aliphatic carbocycles. The van der Waals surface area contributed by atoms with Crippen molar-refractivity contribution in [2.45, 2.75) is 0 Å². The van der Waals surface area contributed by atoms with Gasteiger partial charge in [-0.2, -0.15) is 0 Å². The Bertz CT molecular complexity index is 2850. The number of fused-ring (bicyclic) bond motifs is 3. The molecule has 0 saturated heterocycles. The van der Waals surface area contributed by atoms with Crippen LogP contribution in [0.15, 0.2) is 241 Å². The molecule has 9 aromatic carbocycles. The molecule has 0 saturated carbocycles. The van der Waals surface area contributed by atoms with Gasteiger partial charge in [-0.3, -0.25) is 0 Å². The summed E-state index contributed by atoms with van der Waals surface area (Å²) in [5.41, 5.74) is 9.57. The number of hydrogen-bond donors (Lipinski definition) is 0. The molecule has 2 nitrogen and oxygen atoms in total. The highest BCUT2D eigenvalue weighted by atomic mass is 28.3. The van der Waals surface area contributed by atoms with Crippen molar-refractivity contribution in [3.8, 4) is 22.3 Å². The third-order valence-corrected chi connectivity index (χ3v) is 16.0. The standard InChI is InChI=1S/C54H39NOSi/c1-6-18-40(19-7-1)42-22-16-23-44(36-42)55(46-33-35-52-51-34-32-43(41-20-8-2-9-21-41)37-53(51)56-54(52)39-46)45-24-17-31-50(38-45)57(47-25-10-3-11-26-47,48-27-12-4-13-28-48)49-29-14-5-15-30-49/h1-39H. The molecule has 0 aliphatic heterocycles. The quantitative estimate of drug-likeness (QED) is 0.108. The van der Waals surface area contributed by atoms with Crippen molar-refractivity contribution in [3.63, 3.8) is 0 Å². The van der Waals surface area contributed by atoms with Crippen LogP contribution in [0, 0.1) is 0 Å². The van der Waals surface area contributed by atoms with E-state index in [1.165, 1.54) is 31.9 Å².